The first-order chi connectivity index (χ1) is 9.63. The number of rotatable bonds is 2. The SMILES string of the molecule is Cc1nc2nc(NC(=O)c3ccccc3)sc2cc1Br. The Bertz CT molecular complexity index is 747. The molecule has 3 aromatic rings. The molecule has 0 aliphatic carbocycles. The fourth-order valence-corrected chi connectivity index (χ4v) is 3.05. The molecule has 20 heavy (non-hydrogen) atoms. The lowest BCUT2D eigenvalue weighted by Gasteiger charge is -2.00. The van der Waals surface area contributed by atoms with Crippen LogP contribution in [-0.4, -0.2) is 15.9 Å². The van der Waals surface area contributed by atoms with E-state index in [1.165, 1.54) is 11.3 Å². The van der Waals surface area contributed by atoms with Crippen LogP contribution in [-0.2, 0) is 0 Å². The van der Waals surface area contributed by atoms with Crippen LogP contribution in [0, 0.1) is 6.92 Å². The number of thiazole rings is 1. The highest BCUT2D eigenvalue weighted by molar-refractivity contribution is 9.10. The summed E-state index contributed by atoms with van der Waals surface area (Å²) in [5.41, 5.74) is 2.14. The zero-order valence-electron chi connectivity index (χ0n) is 10.6. The quantitative estimate of drug-likeness (QED) is 0.761. The number of amides is 1. The van der Waals surface area contributed by atoms with E-state index in [0.29, 0.717) is 16.3 Å². The molecular weight excluding hydrogens is 338 g/mol. The molecule has 0 unspecified atom stereocenters. The van der Waals surface area contributed by atoms with Gasteiger partial charge in [-0.15, -0.1) is 0 Å². The van der Waals surface area contributed by atoms with Gasteiger partial charge in [0, 0.05) is 10.0 Å². The van der Waals surface area contributed by atoms with Crippen LogP contribution in [0.3, 0.4) is 0 Å². The Morgan fingerprint density at radius 2 is 2.00 bits per heavy atom. The second kappa shape index (κ2) is 5.30. The summed E-state index contributed by atoms with van der Waals surface area (Å²) < 4.78 is 1.88. The van der Waals surface area contributed by atoms with Crippen molar-refractivity contribution in [2.24, 2.45) is 0 Å². The summed E-state index contributed by atoms with van der Waals surface area (Å²) in [6.07, 6.45) is 0. The molecule has 2 aromatic heterocycles. The van der Waals surface area contributed by atoms with Crippen molar-refractivity contribution in [3.8, 4) is 0 Å². The van der Waals surface area contributed by atoms with Gasteiger partial charge in [0.2, 0.25) is 0 Å². The van der Waals surface area contributed by atoms with Crippen LogP contribution in [0.2, 0.25) is 0 Å². The molecule has 0 saturated heterocycles. The first kappa shape index (κ1) is 13.2. The molecular formula is C14H10BrN3OS. The molecule has 4 nitrogen and oxygen atoms in total. The van der Waals surface area contributed by atoms with Crippen molar-refractivity contribution in [1.29, 1.82) is 0 Å². The summed E-state index contributed by atoms with van der Waals surface area (Å²) in [5.74, 6) is -0.166. The third kappa shape index (κ3) is 2.57. The summed E-state index contributed by atoms with van der Waals surface area (Å²) >= 11 is 4.85. The minimum absolute atomic E-state index is 0.166. The van der Waals surface area contributed by atoms with Gasteiger partial charge in [0.05, 0.1) is 10.4 Å². The number of nitrogens with one attached hydrogen (secondary N) is 1. The smallest absolute Gasteiger partial charge is 0.257 e. The van der Waals surface area contributed by atoms with Gasteiger partial charge < -0.3 is 0 Å². The summed E-state index contributed by atoms with van der Waals surface area (Å²) in [5, 5.41) is 3.35. The van der Waals surface area contributed by atoms with E-state index in [1.54, 1.807) is 12.1 Å². The van der Waals surface area contributed by atoms with E-state index < -0.39 is 0 Å². The zero-order valence-corrected chi connectivity index (χ0v) is 13.0. The number of nitrogens with zero attached hydrogens (tertiary/aromatic N) is 2. The number of aromatic nitrogens is 2. The topological polar surface area (TPSA) is 54.9 Å². The van der Waals surface area contributed by atoms with Gasteiger partial charge in [-0.1, -0.05) is 29.5 Å². The molecule has 0 saturated carbocycles. The van der Waals surface area contributed by atoms with E-state index in [1.807, 2.05) is 31.2 Å². The lowest BCUT2D eigenvalue weighted by Crippen LogP contribution is -2.11. The molecule has 0 fully saturated rings. The Morgan fingerprint density at radius 3 is 2.75 bits per heavy atom. The Kier molecular flexibility index (Phi) is 3.50. The number of hydrogen-bond acceptors (Lipinski definition) is 4. The van der Waals surface area contributed by atoms with Crippen LogP contribution in [0.4, 0.5) is 5.13 Å². The highest BCUT2D eigenvalue weighted by Crippen LogP contribution is 2.28. The third-order valence-corrected chi connectivity index (χ3v) is 4.48. The molecule has 100 valence electrons. The van der Waals surface area contributed by atoms with E-state index in [-0.39, 0.29) is 5.91 Å². The van der Waals surface area contributed by atoms with E-state index in [4.69, 9.17) is 0 Å². The number of carbonyl (C=O) groups excluding carboxylic acids is 1. The maximum Gasteiger partial charge on any atom is 0.257 e. The van der Waals surface area contributed by atoms with Crippen LogP contribution in [0.25, 0.3) is 10.3 Å². The lowest BCUT2D eigenvalue weighted by molar-refractivity contribution is 0.102. The summed E-state index contributed by atoms with van der Waals surface area (Å²) in [6, 6.07) is 11.0. The van der Waals surface area contributed by atoms with Crippen LogP contribution < -0.4 is 5.32 Å². The number of fused-ring (bicyclic) bond motifs is 1. The molecule has 2 heterocycles. The molecule has 0 atom stereocenters. The first-order valence-electron chi connectivity index (χ1n) is 5.93. The molecule has 0 radical (unpaired) electrons. The summed E-state index contributed by atoms with van der Waals surface area (Å²) in [7, 11) is 0. The number of pyridine rings is 1. The van der Waals surface area contributed by atoms with Gasteiger partial charge >= 0.3 is 0 Å². The van der Waals surface area contributed by atoms with Crippen LogP contribution in [0.15, 0.2) is 40.9 Å². The number of carbonyl (C=O) groups is 1. The fraction of sp³-hybridized carbons (Fsp3) is 0.0714. The van der Waals surface area contributed by atoms with Crippen molar-refractivity contribution in [3.63, 3.8) is 0 Å². The van der Waals surface area contributed by atoms with Gasteiger partial charge in [-0.25, -0.2) is 4.98 Å². The maximum absolute atomic E-state index is 12.1. The second-order valence-electron chi connectivity index (χ2n) is 4.22. The Balaban J connectivity index is 1.90. The molecule has 1 amide bonds. The highest BCUT2D eigenvalue weighted by Gasteiger charge is 2.11. The number of aryl methyl sites for hydroxylation is 1. The average Bonchev–Trinajstić information content (AvgIpc) is 2.81. The number of anilines is 1. The molecule has 0 aliphatic heterocycles. The van der Waals surface area contributed by atoms with Gasteiger partial charge in [-0.05, 0) is 41.1 Å². The standard InChI is InChI=1S/C14H10BrN3OS/c1-8-10(15)7-11-12(16-8)17-14(20-11)18-13(19)9-5-3-2-4-6-9/h2-7H,1H3,(H,16,17,18,19). The predicted molar refractivity (Wildman–Crippen MR) is 84.2 cm³/mol. The van der Waals surface area contributed by atoms with Crippen molar-refractivity contribution in [2.75, 3.05) is 5.32 Å². The molecule has 3 rings (SSSR count). The predicted octanol–water partition coefficient (Wildman–Crippen LogP) is 4.01. The van der Waals surface area contributed by atoms with Gasteiger partial charge in [0.25, 0.3) is 5.91 Å². The van der Waals surface area contributed by atoms with Crippen LogP contribution >= 0.6 is 27.3 Å². The lowest BCUT2D eigenvalue weighted by atomic mass is 10.2. The average molecular weight is 348 g/mol. The largest absolute Gasteiger partial charge is 0.298 e. The van der Waals surface area contributed by atoms with Gasteiger partial charge in [0.15, 0.2) is 10.8 Å². The van der Waals surface area contributed by atoms with Crippen molar-refractivity contribution in [1.82, 2.24) is 9.97 Å². The summed E-state index contributed by atoms with van der Waals surface area (Å²) in [4.78, 5) is 20.8. The van der Waals surface area contributed by atoms with Crippen LogP contribution in [0.1, 0.15) is 16.1 Å². The molecule has 0 bridgehead atoms. The number of benzene rings is 1. The van der Waals surface area contributed by atoms with E-state index in [2.05, 4.69) is 31.2 Å². The molecule has 1 N–H and O–H groups in total. The van der Waals surface area contributed by atoms with Crippen molar-refractivity contribution >= 4 is 48.7 Å². The van der Waals surface area contributed by atoms with Crippen molar-refractivity contribution < 1.29 is 4.79 Å². The Morgan fingerprint density at radius 1 is 1.25 bits per heavy atom. The Hall–Kier alpha value is -1.79. The summed E-state index contributed by atoms with van der Waals surface area (Å²) in [6.45, 7) is 1.91. The molecule has 1 aromatic carbocycles. The van der Waals surface area contributed by atoms with Crippen molar-refractivity contribution in [2.45, 2.75) is 6.92 Å². The third-order valence-electron chi connectivity index (χ3n) is 2.77. The minimum Gasteiger partial charge on any atom is -0.298 e. The van der Waals surface area contributed by atoms with Crippen molar-refractivity contribution in [3.05, 3.63) is 52.1 Å². The second-order valence-corrected chi connectivity index (χ2v) is 6.10. The normalized spacial score (nSPS) is 10.7. The van der Waals surface area contributed by atoms with Gasteiger partial charge in [0.1, 0.15) is 0 Å². The monoisotopic (exact) mass is 347 g/mol. The fourth-order valence-electron chi connectivity index (χ4n) is 1.74. The van der Waals surface area contributed by atoms with Gasteiger partial charge in [-0.3, -0.25) is 10.1 Å². The van der Waals surface area contributed by atoms with E-state index in [9.17, 15) is 4.79 Å². The first-order valence-corrected chi connectivity index (χ1v) is 7.54. The zero-order chi connectivity index (χ0) is 14.1. The highest BCUT2D eigenvalue weighted by atomic mass is 79.9. The molecule has 0 aliphatic rings. The number of halogens is 1. The molecule has 0 spiro atoms. The van der Waals surface area contributed by atoms with E-state index >= 15 is 0 Å². The Labute approximate surface area is 128 Å². The van der Waals surface area contributed by atoms with E-state index in [0.717, 1.165) is 14.9 Å². The van der Waals surface area contributed by atoms with Crippen LogP contribution in [0.5, 0.6) is 0 Å². The van der Waals surface area contributed by atoms with Gasteiger partial charge in [-0.2, -0.15) is 4.98 Å². The minimum atomic E-state index is -0.166. The number of hydrogen-bond donors (Lipinski definition) is 1. The molecule has 6 heteroatoms. The maximum atomic E-state index is 12.1.